The first-order chi connectivity index (χ1) is 10.3. The van der Waals surface area contributed by atoms with Crippen LogP contribution in [0.1, 0.15) is 54.9 Å². The maximum atomic E-state index is 12.3. The Balaban J connectivity index is 2.14. The highest BCUT2D eigenvalue weighted by Crippen LogP contribution is 2.22. The van der Waals surface area contributed by atoms with Crippen LogP contribution in [0.2, 0.25) is 0 Å². The summed E-state index contributed by atoms with van der Waals surface area (Å²) in [6.07, 6.45) is 5.29. The molecule has 0 spiro atoms. The Bertz CT molecular complexity index is 685. The molecule has 2 rings (SSSR count). The average Bonchev–Trinajstić information content (AvgIpc) is 2.85. The molecule has 1 heterocycles. The molecule has 0 aliphatic heterocycles. The van der Waals surface area contributed by atoms with Crippen molar-refractivity contribution < 1.29 is 4.79 Å². The lowest BCUT2D eigenvalue weighted by Crippen LogP contribution is -2.10. The smallest absolute Gasteiger partial charge is 0.189 e. The zero-order valence-electron chi connectivity index (χ0n) is 14.1. The molecular formula is C19H24N2O. The lowest BCUT2D eigenvalue weighted by molar-refractivity contribution is 0.104. The van der Waals surface area contributed by atoms with Crippen LogP contribution < -0.4 is 0 Å². The number of carbonyl (C=O) groups is 1. The molecule has 1 aromatic carbocycles. The second kappa shape index (κ2) is 6.30. The summed E-state index contributed by atoms with van der Waals surface area (Å²) in [4.78, 5) is 12.3. The highest BCUT2D eigenvalue weighted by Gasteiger charge is 2.13. The number of hydrogen-bond acceptors (Lipinski definition) is 2. The molecule has 3 heteroatoms. The minimum Gasteiger partial charge on any atom is -0.289 e. The Hall–Kier alpha value is -2.16. The number of aryl methyl sites for hydroxylation is 2. The summed E-state index contributed by atoms with van der Waals surface area (Å²) in [6, 6.07) is 8.33. The number of ketones is 1. The van der Waals surface area contributed by atoms with Crippen molar-refractivity contribution >= 4 is 11.9 Å². The zero-order valence-corrected chi connectivity index (χ0v) is 14.1. The van der Waals surface area contributed by atoms with E-state index in [4.69, 9.17) is 0 Å². The Morgan fingerprint density at radius 3 is 2.36 bits per heavy atom. The fraction of sp³-hybridized carbons (Fsp3) is 0.368. The van der Waals surface area contributed by atoms with Gasteiger partial charge in [0.25, 0.3) is 0 Å². The molecule has 1 aromatic heterocycles. The van der Waals surface area contributed by atoms with Gasteiger partial charge >= 0.3 is 0 Å². The normalized spacial score (nSPS) is 12.0. The third kappa shape index (κ3) is 3.73. The average molecular weight is 296 g/mol. The molecule has 0 N–H and O–H groups in total. The number of rotatable bonds is 4. The van der Waals surface area contributed by atoms with Crippen LogP contribution >= 0.6 is 0 Å². The highest BCUT2D eigenvalue weighted by atomic mass is 16.1. The van der Waals surface area contributed by atoms with E-state index in [-0.39, 0.29) is 11.2 Å². The Kier molecular flexibility index (Phi) is 4.65. The highest BCUT2D eigenvalue weighted by molar-refractivity contribution is 6.07. The van der Waals surface area contributed by atoms with Crippen LogP contribution in [0.15, 0.2) is 36.5 Å². The molecule has 3 nitrogen and oxygen atoms in total. The molecule has 2 aromatic rings. The van der Waals surface area contributed by atoms with Gasteiger partial charge in [-0.25, -0.2) is 0 Å². The molecule has 0 aliphatic rings. The first-order valence-electron chi connectivity index (χ1n) is 7.68. The Morgan fingerprint density at radius 2 is 1.86 bits per heavy atom. The maximum absolute atomic E-state index is 12.3. The molecule has 0 amide bonds. The maximum Gasteiger partial charge on any atom is 0.189 e. The van der Waals surface area contributed by atoms with Crippen LogP contribution in [-0.4, -0.2) is 15.6 Å². The van der Waals surface area contributed by atoms with Gasteiger partial charge in [-0.1, -0.05) is 51.1 Å². The molecule has 0 unspecified atom stereocenters. The number of aromatic nitrogens is 2. The Labute approximate surface area is 132 Å². The lowest BCUT2D eigenvalue weighted by atomic mass is 9.87. The van der Waals surface area contributed by atoms with Crippen molar-refractivity contribution in [2.75, 3.05) is 0 Å². The quantitative estimate of drug-likeness (QED) is 0.619. The molecule has 0 bridgehead atoms. The number of benzene rings is 1. The second-order valence-electron chi connectivity index (χ2n) is 6.55. The molecule has 0 atom stereocenters. The number of nitrogens with zero attached hydrogens (tertiary/aromatic N) is 2. The lowest BCUT2D eigenvalue weighted by Gasteiger charge is -2.18. The van der Waals surface area contributed by atoms with Gasteiger partial charge in [-0.3, -0.25) is 9.48 Å². The topological polar surface area (TPSA) is 34.9 Å². The van der Waals surface area contributed by atoms with Crippen molar-refractivity contribution in [2.24, 2.45) is 0 Å². The van der Waals surface area contributed by atoms with Crippen LogP contribution in [0, 0.1) is 6.92 Å². The largest absolute Gasteiger partial charge is 0.289 e. The predicted octanol–water partition coefficient (Wildman–Crippen LogP) is 4.41. The van der Waals surface area contributed by atoms with E-state index in [0.717, 1.165) is 17.8 Å². The second-order valence-corrected chi connectivity index (χ2v) is 6.55. The van der Waals surface area contributed by atoms with E-state index in [2.05, 4.69) is 38.0 Å². The SMILES string of the molecule is CCn1cc(C(=O)/C=C/c2ccc(C(C)(C)C)cc2)c(C)n1. The van der Waals surface area contributed by atoms with E-state index in [1.54, 1.807) is 10.8 Å². The van der Waals surface area contributed by atoms with Crippen LogP contribution in [0.5, 0.6) is 0 Å². The van der Waals surface area contributed by atoms with E-state index < -0.39 is 0 Å². The van der Waals surface area contributed by atoms with Crippen molar-refractivity contribution in [1.82, 2.24) is 9.78 Å². The van der Waals surface area contributed by atoms with Gasteiger partial charge < -0.3 is 0 Å². The summed E-state index contributed by atoms with van der Waals surface area (Å²) >= 11 is 0. The minimum absolute atomic E-state index is 0.00269. The van der Waals surface area contributed by atoms with Crippen LogP contribution in [0.25, 0.3) is 6.08 Å². The van der Waals surface area contributed by atoms with Gasteiger partial charge in [0, 0.05) is 12.7 Å². The molecular weight excluding hydrogens is 272 g/mol. The van der Waals surface area contributed by atoms with Gasteiger partial charge in [-0.05, 0) is 36.5 Å². The van der Waals surface area contributed by atoms with E-state index in [0.29, 0.717) is 5.56 Å². The van der Waals surface area contributed by atoms with Crippen molar-refractivity contribution in [3.05, 3.63) is 58.9 Å². The molecule has 22 heavy (non-hydrogen) atoms. The third-order valence-electron chi connectivity index (χ3n) is 3.74. The van der Waals surface area contributed by atoms with Gasteiger partial charge in [0.1, 0.15) is 0 Å². The molecule has 0 fully saturated rings. The van der Waals surface area contributed by atoms with Crippen molar-refractivity contribution in [3.8, 4) is 0 Å². The number of allylic oxidation sites excluding steroid dienone is 1. The van der Waals surface area contributed by atoms with Gasteiger partial charge in [-0.15, -0.1) is 0 Å². The Morgan fingerprint density at radius 1 is 1.23 bits per heavy atom. The molecule has 0 saturated heterocycles. The van der Waals surface area contributed by atoms with E-state index in [1.165, 1.54) is 5.56 Å². The van der Waals surface area contributed by atoms with Gasteiger partial charge in [-0.2, -0.15) is 5.10 Å². The first-order valence-corrected chi connectivity index (χ1v) is 7.68. The van der Waals surface area contributed by atoms with Crippen molar-refractivity contribution in [3.63, 3.8) is 0 Å². The van der Waals surface area contributed by atoms with Gasteiger partial charge in [0.05, 0.1) is 11.3 Å². The summed E-state index contributed by atoms with van der Waals surface area (Å²) < 4.78 is 1.79. The summed E-state index contributed by atoms with van der Waals surface area (Å²) in [5.74, 6) is -0.00269. The fourth-order valence-electron chi connectivity index (χ4n) is 2.28. The molecule has 0 aliphatic carbocycles. The monoisotopic (exact) mass is 296 g/mol. The standard InChI is InChI=1S/C19H24N2O/c1-6-21-13-17(14(2)20-21)18(22)12-9-15-7-10-16(11-8-15)19(3,4)5/h7-13H,6H2,1-5H3/b12-9+. The fourth-order valence-corrected chi connectivity index (χ4v) is 2.28. The summed E-state index contributed by atoms with van der Waals surface area (Å²) in [6.45, 7) is 11.2. The van der Waals surface area contributed by atoms with E-state index in [9.17, 15) is 4.79 Å². The van der Waals surface area contributed by atoms with Crippen LogP contribution in [0.4, 0.5) is 0 Å². The molecule has 116 valence electrons. The van der Waals surface area contributed by atoms with Crippen molar-refractivity contribution in [1.29, 1.82) is 0 Å². The van der Waals surface area contributed by atoms with E-state index >= 15 is 0 Å². The van der Waals surface area contributed by atoms with Crippen molar-refractivity contribution in [2.45, 2.75) is 46.6 Å². The number of carbonyl (C=O) groups excluding carboxylic acids is 1. The van der Waals surface area contributed by atoms with E-state index in [1.807, 2.05) is 38.3 Å². The van der Waals surface area contributed by atoms with Gasteiger partial charge in [0.15, 0.2) is 5.78 Å². The minimum atomic E-state index is -0.00269. The molecule has 0 radical (unpaired) electrons. The zero-order chi connectivity index (χ0) is 16.3. The summed E-state index contributed by atoms with van der Waals surface area (Å²) in [7, 11) is 0. The van der Waals surface area contributed by atoms with Crippen LogP contribution in [0.3, 0.4) is 0 Å². The number of hydrogen-bond donors (Lipinski definition) is 0. The first kappa shape index (κ1) is 16.2. The third-order valence-corrected chi connectivity index (χ3v) is 3.74. The predicted molar refractivity (Wildman–Crippen MR) is 91.1 cm³/mol. The summed E-state index contributed by atoms with van der Waals surface area (Å²) in [5, 5.41) is 4.31. The van der Waals surface area contributed by atoms with Gasteiger partial charge in [0.2, 0.25) is 0 Å². The van der Waals surface area contributed by atoms with Crippen LogP contribution in [-0.2, 0) is 12.0 Å². The summed E-state index contributed by atoms with van der Waals surface area (Å²) in [5.41, 5.74) is 3.91. The molecule has 0 saturated carbocycles.